The molecule has 0 fully saturated rings. The van der Waals surface area contributed by atoms with Crippen LogP contribution >= 0.6 is 0 Å². The second kappa shape index (κ2) is 3.80. The lowest BCUT2D eigenvalue weighted by molar-refractivity contribution is 0.0999. The van der Waals surface area contributed by atoms with Crippen molar-refractivity contribution < 1.29 is 4.79 Å². The summed E-state index contributed by atoms with van der Waals surface area (Å²) in [4.78, 5) is 18.6. The first-order chi connectivity index (χ1) is 5.74. The van der Waals surface area contributed by atoms with E-state index in [9.17, 15) is 4.79 Å². The summed E-state index contributed by atoms with van der Waals surface area (Å²) in [7, 11) is 0. The molecule has 0 aliphatic rings. The van der Waals surface area contributed by atoms with E-state index in [4.69, 9.17) is 5.73 Å². The number of amides is 1. The van der Waals surface area contributed by atoms with Crippen LogP contribution in [0.3, 0.4) is 0 Å². The molecule has 0 saturated carbocycles. The summed E-state index contributed by atoms with van der Waals surface area (Å²) in [5.41, 5.74) is 5.38. The van der Waals surface area contributed by atoms with Crippen molar-refractivity contribution in [3.05, 3.63) is 23.8 Å². The van der Waals surface area contributed by atoms with Gasteiger partial charge < -0.3 is 5.73 Å². The summed E-state index contributed by atoms with van der Waals surface area (Å²) in [5, 5.41) is 0. The van der Waals surface area contributed by atoms with Gasteiger partial charge in [-0.3, -0.25) is 4.79 Å². The molecule has 0 aliphatic carbocycles. The van der Waals surface area contributed by atoms with Gasteiger partial charge in [0.25, 0.3) is 5.91 Å². The van der Waals surface area contributed by atoms with Crippen LogP contribution in [0.1, 0.15) is 29.5 Å². The zero-order chi connectivity index (χ0) is 8.97. The molecule has 0 atom stereocenters. The zero-order valence-corrected chi connectivity index (χ0v) is 6.95. The van der Waals surface area contributed by atoms with Gasteiger partial charge in [0.05, 0.1) is 5.56 Å². The van der Waals surface area contributed by atoms with Gasteiger partial charge >= 0.3 is 0 Å². The minimum Gasteiger partial charge on any atom is -0.366 e. The molecule has 0 unspecified atom stereocenters. The lowest BCUT2D eigenvalue weighted by atomic mass is 10.3. The second-order valence-corrected chi connectivity index (χ2v) is 2.50. The third-order valence-corrected chi connectivity index (χ3v) is 1.46. The first-order valence-electron chi connectivity index (χ1n) is 3.84. The molecule has 1 heterocycles. The molecule has 1 amide bonds. The van der Waals surface area contributed by atoms with Crippen LogP contribution in [0.4, 0.5) is 0 Å². The van der Waals surface area contributed by atoms with Crippen LogP contribution in [-0.4, -0.2) is 15.9 Å². The number of nitrogens with two attached hydrogens (primary N) is 1. The number of hydrogen-bond acceptors (Lipinski definition) is 3. The number of primary amides is 1. The van der Waals surface area contributed by atoms with Crippen molar-refractivity contribution >= 4 is 5.91 Å². The average Bonchev–Trinajstić information content (AvgIpc) is 2.06. The molecule has 0 saturated heterocycles. The summed E-state index contributed by atoms with van der Waals surface area (Å²) in [6.45, 7) is 2.05. The molecular formula is C8H11N3O. The van der Waals surface area contributed by atoms with Crippen LogP contribution < -0.4 is 5.73 Å². The molecule has 1 aromatic rings. The predicted molar refractivity (Wildman–Crippen MR) is 44.5 cm³/mol. The number of carbonyl (C=O) groups excluding carboxylic acids is 1. The molecule has 64 valence electrons. The fourth-order valence-corrected chi connectivity index (χ4v) is 0.835. The quantitative estimate of drug-likeness (QED) is 0.710. The van der Waals surface area contributed by atoms with Crippen LogP contribution in [0, 0.1) is 0 Å². The van der Waals surface area contributed by atoms with Gasteiger partial charge in [0.2, 0.25) is 0 Å². The van der Waals surface area contributed by atoms with Crippen LogP contribution in [0.25, 0.3) is 0 Å². The van der Waals surface area contributed by atoms with Crippen molar-refractivity contribution in [3.8, 4) is 0 Å². The Kier molecular flexibility index (Phi) is 2.74. The van der Waals surface area contributed by atoms with Crippen molar-refractivity contribution in [3.63, 3.8) is 0 Å². The lowest BCUT2D eigenvalue weighted by Crippen LogP contribution is -2.12. The van der Waals surface area contributed by atoms with Crippen molar-refractivity contribution in [2.24, 2.45) is 5.73 Å². The van der Waals surface area contributed by atoms with Gasteiger partial charge in [-0.1, -0.05) is 6.92 Å². The fourth-order valence-electron chi connectivity index (χ4n) is 0.835. The van der Waals surface area contributed by atoms with Crippen LogP contribution in [-0.2, 0) is 6.42 Å². The standard InChI is InChI=1S/C8H11N3O/c1-2-3-7-10-4-6(5-11-7)8(9)12/h4-5H,2-3H2,1H3,(H2,9,12). The van der Waals surface area contributed by atoms with Crippen molar-refractivity contribution in [2.75, 3.05) is 0 Å². The summed E-state index contributed by atoms with van der Waals surface area (Å²) in [6.07, 6.45) is 4.75. The number of hydrogen-bond donors (Lipinski definition) is 1. The Bertz CT molecular complexity index is 268. The second-order valence-electron chi connectivity index (χ2n) is 2.50. The van der Waals surface area contributed by atoms with E-state index in [2.05, 4.69) is 9.97 Å². The van der Waals surface area contributed by atoms with Gasteiger partial charge in [-0.15, -0.1) is 0 Å². The number of carbonyl (C=O) groups is 1. The maximum Gasteiger partial charge on any atom is 0.251 e. The van der Waals surface area contributed by atoms with E-state index in [1.807, 2.05) is 6.92 Å². The Balaban J connectivity index is 2.78. The molecule has 1 aromatic heterocycles. The predicted octanol–water partition coefficient (Wildman–Crippen LogP) is 0.528. The van der Waals surface area contributed by atoms with E-state index in [-0.39, 0.29) is 0 Å². The first-order valence-corrected chi connectivity index (χ1v) is 3.84. The number of aryl methyl sites for hydroxylation is 1. The molecule has 4 nitrogen and oxygen atoms in total. The van der Waals surface area contributed by atoms with Gasteiger partial charge in [-0.2, -0.15) is 0 Å². The normalized spacial score (nSPS) is 9.75. The molecule has 0 spiro atoms. The maximum absolute atomic E-state index is 10.6. The first kappa shape index (κ1) is 8.64. The van der Waals surface area contributed by atoms with Crippen molar-refractivity contribution in [1.82, 2.24) is 9.97 Å². The molecular weight excluding hydrogens is 154 g/mol. The van der Waals surface area contributed by atoms with Crippen molar-refractivity contribution in [2.45, 2.75) is 19.8 Å². The fraction of sp³-hybridized carbons (Fsp3) is 0.375. The van der Waals surface area contributed by atoms with E-state index in [1.165, 1.54) is 12.4 Å². The Morgan fingerprint density at radius 3 is 2.50 bits per heavy atom. The molecule has 0 aromatic carbocycles. The number of nitrogens with zero attached hydrogens (tertiary/aromatic N) is 2. The zero-order valence-electron chi connectivity index (χ0n) is 6.95. The summed E-state index contributed by atoms with van der Waals surface area (Å²) < 4.78 is 0. The van der Waals surface area contributed by atoms with Gasteiger partial charge in [0.15, 0.2) is 0 Å². The molecule has 0 bridgehead atoms. The molecule has 2 N–H and O–H groups in total. The third-order valence-electron chi connectivity index (χ3n) is 1.46. The van der Waals surface area contributed by atoms with E-state index in [0.29, 0.717) is 5.56 Å². The number of aromatic nitrogens is 2. The highest BCUT2D eigenvalue weighted by Crippen LogP contribution is 1.97. The largest absolute Gasteiger partial charge is 0.366 e. The van der Waals surface area contributed by atoms with Crippen LogP contribution in [0.2, 0.25) is 0 Å². The van der Waals surface area contributed by atoms with Gasteiger partial charge in [0.1, 0.15) is 5.82 Å². The maximum atomic E-state index is 10.6. The minimum absolute atomic E-state index is 0.356. The highest BCUT2D eigenvalue weighted by molar-refractivity contribution is 5.91. The molecule has 0 radical (unpaired) electrons. The summed E-state index contributed by atoms with van der Waals surface area (Å²) in [5.74, 6) is 0.264. The van der Waals surface area contributed by atoms with Crippen LogP contribution in [0.5, 0.6) is 0 Å². The Hall–Kier alpha value is -1.45. The third kappa shape index (κ3) is 2.02. The summed E-state index contributed by atoms with van der Waals surface area (Å²) >= 11 is 0. The van der Waals surface area contributed by atoms with E-state index < -0.39 is 5.91 Å². The smallest absolute Gasteiger partial charge is 0.251 e. The molecule has 1 rings (SSSR count). The molecule has 4 heteroatoms. The topological polar surface area (TPSA) is 68.9 Å². The van der Waals surface area contributed by atoms with Gasteiger partial charge in [-0.05, 0) is 6.42 Å². The molecule has 0 aliphatic heterocycles. The van der Waals surface area contributed by atoms with E-state index in [0.717, 1.165) is 18.7 Å². The highest BCUT2D eigenvalue weighted by Gasteiger charge is 2.00. The minimum atomic E-state index is -0.488. The van der Waals surface area contributed by atoms with Crippen molar-refractivity contribution in [1.29, 1.82) is 0 Å². The van der Waals surface area contributed by atoms with Gasteiger partial charge in [-0.25, -0.2) is 9.97 Å². The Morgan fingerprint density at radius 2 is 2.08 bits per heavy atom. The highest BCUT2D eigenvalue weighted by atomic mass is 16.1. The van der Waals surface area contributed by atoms with Crippen LogP contribution in [0.15, 0.2) is 12.4 Å². The SMILES string of the molecule is CCCc1ncc(C(N)=O)cn1. The summed E-state index contributed by atoms with van der Waals surface area (Å²) in [6, 6.07) is 0. The number of rotatable bonds is 3. The van der Waals surface area contributed by atoms with Gasteiger partial charge in [0, 0.05) is 18.8 Å². The monoisotopic (exact) mass is 165 g/mol. The average molecular weight is 165 g/mol. The van der Waals surface area contributed by atoms with E-state index in [1.54, 1.807) is 0 Å². The Labute approximate surface area is 70.8 Å². The lowest BCUT2D eigenvalue weighted by Gasteiger charge is -1.96. The Morgan fingerprint density at radius 1 is 1.50 bits per heavy atom. The van der Waals surface area contributed by atoms with E-state index >= 15 is 0 Å². The molecule has 12 heavy (non-hydrogen) atoms.